The molecule has 0 saturated heterocycles. The molecule has 0 bridgehead atoms. The summed E-state index contributed by atoms with van der Waals surface area (Å²) in [5.41, 5.74) is 4.54. The van der Waals surface area contributed by atoms with Crippen LogP contribution in [-0.4, -0.2) is 33.6 Å². The molecule has 0 atom stereocenters. The van der Waals surface area contributed by atoms with Gasteiger partial charge in [0, 0.05) is 28.1 Å². The molecule has 4 N–H and O–H groups in total. The van der Waals surface area contributed by atoms with E-state index in [2.05, 4.69) is 31.2 Å². The van der Waals surface area contributed by atoms with Gasteiger partial charge >= 0.3 is 0 Å². The van der Waals surface area contributed by atoms with Gasteiger partial charge < -0.3 is 15.1 Å². The largest absolute Gasteiger partial charge is 0.459 e. The number of furan rings is 1. The van der Waals surface area contributed by atoms with Crippen LogP contribution in [0.1, 0.15) is 41.6 Å². The molecule has 10 rings (SSSR count). The summed E-state index contributed by atoms with van der Waals surface area (Å²) in [5, 5.41) is 16.6. The van der Waals surface area contributed by atoms with Crippen LogP contribution in [0, 0.1) is 0 Å². The van der Waals surface area contributed by atoms with Crippen LogP contribution in [0.25, 0.3) is 42.0 Å². The van der Waals surface area contributed by atoms with Crippen molar-refractivity contribution in [3.63, 3.8) is 0 Å². The summed E-state index contributed by atoms with van der Waals surface area (Å²) in [6, 6.07) is 50.2. The summed E-state index contributed by atoms with van der Waals surface area (Å²) < 4.78 is 6.83. The van der Waals surface area contributed by atoms with Gasteiger partial charge in [-0.1, -0.05) is 102 Å². The molecule has 61 heavy (non-hydrogen) atoms. The van der Waals surface area contributed by atoms with E-state index in [4.69, 9.17) is 4.42 Å². The predicted octanol–water partition coefficient (Wildman–Crippen LogP) is 11.5. The minimum absolute atomic E-state index is 0.172. The number of aromatic nitrogens is 2. The average molecular weight is 837 g/mol. The van der Waals surface area contributed by atoms with Crippen molar-refractivity contribution in [3.05, 3.63) is 193 Å². The molecule has 3 heterocycles. The predicted molar refractivity (Wildman–Crippen MR) is 244 cm³/mol. The topological polar surface area (TPSA) is 155 Å². The van der Waals surface area contributed by atoms with Crippen LogP contribution in [0.2, 0.25) is 0 Å². The Balaban J connectivity index is 0.000000156. The minimum atomic E-state index is -0.325. The number of fused-ring (bicyclic) bond motifs is 4. The van der Waals surface area contributed by atoms with Gasteiger partial charge in [-0.25, -0.2) is 9.97 Å². The highest BCUT2D eigenvalue weighted by Gasteiger charge is 2.15. The zero-order valence-electron chi connectivity index (χ0n) is 31.9. The van der Waals surface area contributed by atoms with Gasteiger partial charge in [-0.05, 0) is 106 Å². The first kappa shape index (κ1) is 38.5. The van der Waals surface area contributed by atoms with Crippen molar-refractivity contribution in [3.8, 4) is 0 Å². The lowest BCUT2D eigenvalue weighted by Gasteiger charge is -2.04. The maximum Gasteiger partial charge on any atom is 0.291 e. The van der Waals surface area contributed by atoms with Gasteiger partial charge in [-0.2, -0.15) is 0 Å². The molecule has 13 heteroatoms. The van der Waals surface area contributed by atoms with E-state index >= 15 is 0 Å². The molecule has 10 aromatic rings. The van der Waals surface area contributed by atoms with Crippen LogP contribution in [0.5, 0.6) is 0 Å². The summed E-state index contributed by atoms with van der Waals surface area (Å²) in [6.07, 6.45) is 1.45. The van der Waals surface area contributed by atoms with Gasteiger partial charge in [0.05, 0.1) is 26.7 Å². The van der Waals surface area contributed by atoms with Gasteiger partial charge in [0.15, 0.2) is 16.0 Å². The zero-order chi connectivity index (χ0) is 41.7. The molecule has 296 valence electrons. The third-order valence-electron chi connectivity index (χ3n) is 9.54. The van der Waals surface area contributed by atoms with Gasteiger partial charge in [-0.15, -0.1) is 0 Å². The molecule has 0 aliphatic carbocycles. The highest BCUT2D eigenvalue weighted by molar-refractivity contribution is 7.22. The molecular formula is C48H32N6O5S2. The van der Waals surface area contributed by atoms with Crippen molar-refractivity contribution in [1.82, 2.24) is 9.97 Å². The lowest BCUT2D eigenvalue weighted by Crippen LogP contribution is -2.11. The van der Waals surface area contributed by atoms with E-state index in [1.54, 1.807) is 48.5 Å². The molecule has 0 unspecified atom stereocenters. The van der Waals surface area contributed by atoms with Crippen LogP contribution < -0.4 is 21.3 Å². The van der Waals surface area contributed by atoms with E-state index in [-0.39, 0.29) is 29.4 Å². The summed E-state index contributed by atoms with van der Waals surface area (Å²) in [6.45, 7) is 0. The van der Waals surface area contributed by atoms with E-state index in [1.165, 1.54) is 28.9 Å². The van der Waals surface area contributed by atoms with Crippen molar-refractivity contribution in [2.75, 3.05) is 21.3 Å². The molecule has 0 aliphatic rings. The second-order valence-electron chi connectivity index (χ2n) is 13.7. The molecule has 4 amide bonds. The Kier molecular flexibility index (Phi) is 10.8. The number of benzene rings is 7. The van der Waals surface area contributed by atoms with Gasteiger partial charge in [0.2, 0.25) is 0 Å². The first-order valence-electron chi connectivity index (χ1n) is 18.9. The molecular weight excluding hydrogens is 805 g/mol. The third kappa shape index (κ3) is 8.88. The summed E-state index contributed by atoms with van der Waals surface area (Å²) >= 11 is 2.71. The Morgan fingerprint density at radius 2 is 0.885 bits per heavy atom. The van der Waals surface area contributed by atoms with Gasteiger partial charge in [0.1, 0.15) is 0 Å². The smallest absolute Gasteiger partial charge is 0.291 e. The maximum absolute atomic E-state index is 12.7. The van der Waals surface area contributed by atoms with E-state index in [1.807, 2.05) is 115 Å². The van der Waals surface area contributed by atoms with Crippen molar-refractivity contribution >= 4 is 110 Å². The summed E-state index contributed by atoms with van der Waals surface area (Å²) in [4.78, 5) is 58.8. The molecule has 0 radical (unpaired) electrons. The molecule has 7 aromatic carbocycles. The van der Waals surface area contributed by atoms with E-state index in [9.17, 15) is 19.2 Å². The normalized spacial score (nSPS) is 10.9. The zero-order valence-corrected chi connectivity index (χ0v) is 33.6. The number of carbonyl (C=O) groups excluding carboxylic acids is 4. The number of hydrogen-bond donors (Lipinski definition) is 4. The minimum Gasteiger partial charge on any atom is -0.459 e. The fourth-order valence-corrected chi connectivity index (χ4v) is 8.30. The molecule has 0 aliphatic heterocycles. The SMILES string of the molecule is O=C(Nc1ccc2nc(NC(=O)c3ccc4ccccc4c3)sc2c1)c1ccccc1.O=C(Nc1nc2ccc(NC(=O)c3ccco3)cc2s1)c1ccc2ccccc2c1. The molecule has 11 nitrogen and oxygen atoms in total. The van der Waals surface area contributed by atoms with Crippen molar-refractivity contribution in [2.45, 2.75) is 0 Å². The quantitative estimate of drug-likeness (QED) is 0.119. The van der Waals surface area contributed by atoms with Gasteiger partial charge in [0.25, 0.3) is 23.6 Å². The average Bonchev–Trinajstić information content (AvgIpc) is 4.07. The second kappa shape index (κ2) is 17.1. The monoisotopic (exact) mass is 836 g/mol. The standard InChI is InChI=1S/C25H17N3O2S.C23H15N3O3S/c29-23(17-7-2-1-3-8-17)26-20-12-13-21-22(15-20)31-25(27-21)28-24(30)19-11-10-16-6-4-5-9-18(16)14-19;27-21(16-8-7-14-4-1-2-5-15(14)12-16)26-23-25-18-10-9-17(13-20(18)30-23)24-22(28)19-6-3-11-29-19/h1-15H,(H,26,29)(H,27,28,30);1-13H,(H,24,28)(H,25,26,27). The fraction of sp³-hybridized carbons (Fsp3) is 0. The van der Waals surface area contributed by atoms with Crippen LogP contribution in [-0.2, 0) is 0 Å². The highest BCUT2D eigenvalue weighted by atomic mass is 32.1. The number of anilines is 4. The number of nitrogens with one attached hydrogen (secondary N) is 4. The molecule has 0 spiro atoms. The number of carbonyl (C=O) groups is 4. The third-order valence-corrected chi connectivity index (χ3v) is 11.4. The van der Waals surface area contributed by atoms with Gasteiger partial charge in [-0.3, -0.25) is 29.8 Å². The van der Waals surface area contributed by atoms with Crippen LogP contribution in [0.4, 0.5) is 21.6 Å². The van der Waals surface area contributed by atoms with E-state index in [0.29, 0.717) is 38.3 Å². The van der Waals surface area contributed by atoms with E-state index in [0.717, 1.165) is 42.0 Å². The first-order valence-corrected chi connectivity index (χ1v) is 20.6. The summed E-state index contributed by atoms with van der Waals surface area (Å²) in [7, 11) is 0. The lowest BCUT2D eigenvalue weighted by atomic mass is 10.1. The summed E-state index contributed by atoms with van der Waals surface area (Å²) in [5.74, 6) is -0.681. The number of amides is 4. The molecule has 3 aromatic heterocycles. The van der Waals surface area contributed by atoms with Crippen molar-refractivity contribution in [2.24, 2.45) is 0 Å². The molecule has 0 saturated carbocycles. The molecule has 0 fully saturated rings. The van der Waals surface area contributed by atoms with E-state index < -0.39 is 0 Å². The Morgan fingerprint density at radius 3 is 1.39 bits per heavy atom. The second-order valence-corrected chi connectivity index (χ2v) is 15.7. The lowest BCUT2D eigenvalue weighted by molar-refractivity contribution is 0.0993. The Hall–Kier alpha value is -8.00. The van der Waals surface area contributed by atoms with Crippen LogP contribution in [0.15, 0.2) is 174 Å². The first-order chi connectivity index (χ1) is 29.8. The maximum atomic E-state index is 12.7. The Bertz CT molecular complexity index is 3250. The number of rotatable bonds is 8. The Morgan fingerprint density at radius 1 is 0.410 bits per heavy atom. The number of nitrogens with zero attached hydrogens (tertiary/aromatic N) is 2. The number of hydrogen-bond acceptors (Lipinski definition) is 9. The Labute approximate surface area is 355 Å². The van der Waals surface area contributed by atoms with Crippen molar-refractivity contribution in [1.29, 1.82) is 0 Å². The van der Waals surface area contributed by atoms with Crippen molar-refractivity contribution < 1.29 is 23.6 Å². The fourth-order valence-electron chi connectivity index (χ4n) is 6.50. The highest BCUT2D eigenvalue weighted by Crippen LogP contribution is 2.31. The number of thiazole rings is 2. The van der Waals surface area contributed by atoms with Crippen LogP contribution >= 0.6 is 22.7 Å². The van der Waals surface area contributed by atoms with Crippen LogP contribution in [0.3, 0.4) is 0 Å².